The van der Waals surface area contributed by atoms with Crippen LogP contribution in [0.3, 0.4) is 0 Å². The fourth-order valence-corrected chi connectivity index (χ4v) is 3.53. The maximum absolute atomic E-state index is 11.6. The summed E-state index contributed by atoms with van der Waals surface area (Å²) >= 11 is 3.50. The molecule has 22 heavy (non-hydrogen) atoms. The quantitative estimate of drug-likeness (QED) is 0.906. The number of aliphatic carboxylic acids is 1. The van der Waals surface area contributed by atoms with E-state index in [9.17, 15) is 9.90 Å². The molecule has 114 valence electrons. The van der Waals surface area contributed by atoms with Crippen LogP contribution < -0.4 is 0 Å². The van der Waals surface area contributed by atoms with E-state index in [1.54, 1.807) is 6.20 Å². The van der Waals surface area contributed by atoms with E-state index in [0.717, 1.165) is 28.7 Å². The number of nitrogens with zero attached hydrogens (tertiary/aromatic N) is 2. The van der Waals surface area contributed by atoms with Gasteiger partial charge in [-0.15, -0.1) is 0 Å². The lowest BCUT2D eigenvalue weighted by Crippen LogP contribution is -2.39. The lowest BCUT2D eigenvalue weighted by molar-refractivity contribution is -0.142. The third kappa shape index (κ3) is 3.05. The van der Waals surface area contributed by atoms with Gasteiger partial charge in [-0.25, -0.2) is 0 Å². The fraction of sp³-hybridized carbons (Fsp3) is 0.294. The topological polar surface area (TPSA) is 53.4 Å². The molecule has 3 rings (SSSR count). The van der Waals surface area contributed by atoms with Gasteiger partial charge in [0.05, 0.1) is 11.7 Å². The Morgan fingerprint density at radius 1 is 1.32 bits per heavy atom. The minimum atomic E-state index is -0.756. The Morgan fingerprint density at radius 3 is 2.86 bits per heavy atom. The van der Waals surface area contributed by atoms with E-state index in [2.05, 4.69) is 20.9 Å². The normalized spacial score (nSPS) is 20.0. The molecule has 1 saturated heterocycles. The van der Waals surface area contributed by atoms with Crippen molar-refractivity contribution >= 4 is 21.9 Å². The van der Waals surface area contributed by atoms with Gasteiger partial charge in [0.2, 0.25) is 0 Å². The van der Waals surface area contributed by atoms with Crippen molar-refractivity contribution in [1.29, 1.82) is 0 Å². The number of halogens is 1. The predicted molar refractivity (Wildman–Crippen MR) is 87.6 cm³/mol. The molecule has 0 aliphatic carbocycles. The molecular formula is C17H17BrN2O2. The van der Waals surface area contributed by atoms with Gasteiger partial charge >= 0.3 is 5.97 Å². The van der Waals surface area contributed by atoms with Gasteiger partial charge in [0.1, 0.15) is 6.04 Å². The van der Waals surface area contributed by atoms with Gasteiger partial charge in [-0.1, -0.05) is 34.1 Å². The first kappa shape index (κ1) is 15.2. The molecule has 1 aromatic heterocycles. The maximum Gasteiger partial charge on any atom is 0.320 e. The lowest BCUT2D eigenvalue weighted by atomic mass is 10.0. The van der Waals surface area contributed by atoms with Crippen molar-refractivity contribution in [3.63, 3.8) is 0 Å². The summed E-state index contributed by atoms with van der Waals surface area (Å²) in [6.45, 7) is 0.769. The number of aromatic nitrogens is 1. The Hall–Kier alpha value is -1.72. The summed E-state index contributed by atoms with van der Waals surface area (Å²) in [4.78, 5) is 18.1. The van der Waals surface area contributed by atoms with Crippen molar-refractivity contribution in [1.82, 2.24) is 9.88 Å². The molecule has 1 aliphatic heterocycles. The molecule has 4 nitrogen and oxygen atoms in total. The van der Waals surface area contributed by atoms with Gasteiger partial charge in [-0.05, 0) is 42.7 Å². The van der Waals surface area contributed by atoms with Crippen LogP contribution in [-0.2, 0) is 4.79 Å². The number of carboxylic acid groups (broad SMARTS) is 1. The number of carbonyl (C=O) groups is 1. The maximum atomic E-state index is 11.6. The van der Waals surface area contributed by atoms with Crippen LogP contribution >= 0.6 is 15.9 Å². The molecule has 2 atom stereocenters. The molecule has 1 aromatic carbocycles. The van der Waals surface area contributed by atoms with E-state index < -0.39 is 12.0 Å². The Kier molecular flexibility index (Phi) is 4.55. The van der Waals surface area contributed by atoms with Crippen LogP contribution in [0, 0.1) is 0 Å². The van der Waals surface area contributed by atoms with Crippen molar-refractivity contribution in [3.8, 4) is 0 Å². The van der Waals surface area contributed by atoms with Crippen molar-refractivity contribution in [2.45, 2.75) is 24.9 Å². The third-order valence-corrected chi connectivity index (χ3v) is 4.54. The van der Waals surface area contributed by atoms with Gasteiger partial charge in [-0.2, -0.15) is 0 Å². The highest BCUT2D eigenvalue weighted by Crippen LogP contribution is 2.34. The number of benzene rings is 1. The van der Waals surface area contributed by atoms with E-state index in [0.29, 0.717) is 6.42 Å². The summed E-state index contributed by atoms with van der Waals surface area (Å²) in [5.41, 5.74) is 1.94. The highest BCUT2D eigenvalue weighted by atomic mass is 79.9. The van der Waals surface area contributed by atoms with E-state index in [-0.39, 0.29) is 6.04 Å². The van der Waals surface area contributed by atoms with E-state index in [1.807, 2.05) is 47.4 Å². The van der Waals surface area contributed by atoms with Crippen molar-refractivity contribution in [2.24, 2.45) is 0 Å². The molecule has 0 saturated carbocycles. The summed E-state index contributed by atoms with van der Waals surface area (Å²) in [6, 6.07) is 13.2. The van der Waals surface area contributed by atoms with Gasteiger partial charge in [-0.3, -0.25) is 14.7 Å². The first-order valence-corrected chi connectivity index (χ1v) is 8.11. The third-order valence-electron chi connectivity index (χ3n) is 4.04. The van der Waals surface area contributed by atoms with E-state index in [4.69, 9.17) is 0 Å². The van der Waals surface area contributed by atoms with E-state index in [1.165, 1.54) is 0 Å². The molecule has 0 amide bonds. The van der Waals surface area contributed by atoms with Crippen molar-refractivity contribution in [2.75, 3.05) is 6.54 Å². The second-order valence-electron chi connectivity index (χ2n) is 5.45. The number of rotatable bonds is 4. The van der Waals surface area contributed by atoms with Crippen LogP contribution in [0.25, 0.3) is 0 Å². The second kappa shape index (κ2) is 6.58. The minimum absolute atomic E-state index is 0.137. The van der Waals surface area contributed by atoms with Crippen molar-refractivity contribution in [3.05, 3.63) is 64.4 Å². The van der Waals surface area contributed by atoms with Gasteiger partial charge in [0.15, 0.2) is 0 Å². The summed E-state index contributed by atoms with van der Waals surface area (Å²) in [5.74, 6) is -0.756. The van der Waals surface area contributed by atoms with E-state index >= 15 is 0 Å². The smallest absolute Gasteiger partial charge is 0.320 e. The summed E-state index contributed by atoms with van der Waals surface area (Å²) < 4.78 is 0.983. The van der Waals surface area contributed by atoms with Gasteiger partial charge in [0.25, 0.3) is 0 Å². The van der Waals surface area contributed by atoms with Gasteiger partial charge < -0.3 is 5.11 Å². The summed E-state index contributed by atoms with van der Waals surface area (Å²) in [5, 5.41) is 9.51. The predicted octanol–water partition coefficient (Wildman–Crippen LogP) is 3.48. The number of hydrogen-bond donors (Lipinski definition) is 1. The monoisotopic (exact) mass is 360 g/mol. The average molecular weight is 361 g/mol. The van der Waals surface area contributed by atoms with Crippen molar-refractivity contribution < 1.29 is 9.90 Å². The Labute approximate surface area is 137 Å². The Bertz CT molecular complexity index is 663. The second-order valence-corrected chi connectivity index (χ2v) is 6.36. The van der Waals surface area contributed by atoms with Crippen LogP contribution in [-0.4, -0.2) is 33.5 Å². The molecule has 5 heteroatoms. The Balaban J connectivity index is 2.05. The van der Waals surface area contributed by atoms with Crippen LogP contribution in [0.2, 0.25) is 0 Å². The number of pyridine rings is 1. The first-order valence-electron chi connectivity index (χ1n) is 7.32. The zero-order chi connectivity index (χ0) is 15.5. The number of carboxylic acids is 1. The molecular weight excluding hydrogens is 344 g/mol. The number of likely N-dealkylation sites (tertiary alicyclic amines) is 1. The zero-order valence-electron chi connectivity index (χ0n) is 12.0. The molecule has 2 unspecified atom stereocenters. The molecule has 0 spiro atoms. The standard InChI is InChI=1S/C17H17BrN2O2/c18-13-6-3-5-12(11-13)16(14-7-1-2-9-19-14)20-10-4-8-15(20)17(21)22/h1-3,5-7,9,11,15-16H,4,8,10H2,(H,21,22). The molecule has 0 bridgehead atoms. The minimum Gasteiger partial charge on any atom is -0.480 e. The summed E-state index contributed by atoms with van der Waals surface area (Å²) in [7, 11) is 0. The molecule has 1 N–H and O–H groups in total. The molecule has 0 radical (unpaired) electrons. The highest BCUT2D eigenvalue weighted by Gasteiger charge is 2.37. The van der Waals surface area contributed by atoms with Crippen LogP contribution in [0.5, 0.6) is 0 Å². The Morgan fingerprint density at radius 2 is 2.18 bits per heavy atom. The largest absolute Gasteiger partial charge is 0.480 e. The lowest BCUT2D eigenvalue weighted by Gasteiger charge is -2.31. The fourth-order valence-electron chi connectivity index (χ4n) is 3.11. The zero-order valence-corrected chi connectivity index (χ0v) is 13.6. The van der Waals surface area contributed by atoms with Crippen LogP contribution in [0.4, 0.5) is 0 Å². The summed E-state index contributed by atoms with van der Waals surface area (Å²) in [6.07, 6.45) is 3.34. The molecule has 1 aliphatic rings. The number of hydrogen-bond acceptors (Lipinski definition) is 3. The molecule has 2 heterocycles. The van der Waals surface area contributed by atoms with Crippen LogP contribution in [0.15, 0.2) is 53.1 Å². The first-order chi connectivity index (χ1) is 10.7. The van der Waals surface area contributed by atoms with Crippen LogP contribution in [0.1, 0.15) is 30.1 Å². The SMILES string of the molecule is O=C(O)C1CCCN1C(c1cccc(Br)c1)c1ccccn1. The molecule has 2 aromatic rings. The van der Waals surface area contributed by atoms with Gasteiger partial charge in [0, 0.05) is 17.2 Å². The molecule has 1 fully saturated rings. The average Bonchev–Trinajstić information content (AvgIpc) is 2.98. The highest BCUT2D eigenvalue weighted by molar-refractivity contribution is 9.10.